The zero-order chi connectivity index (χ0) is 13.6. The van der Waals surface area contributed by atoms with Gasteiger partial charge in [0.05, 0.1) is 5.69 Å². The van der Waals surface area contributed by atoms with Gasteiger partial charge in [-0.2, -0.15) is 0 Å². The molecule has 4 heteroatoms. The van der Waals surface area contributed by atoms with Crippen molar-refractivity contribution in [3.8, 4) is 0 Å². The third-order valence-corrected chi connectivity index (χ3v) is 3.70. The fourth-order valence-electron chi connectivity index (χ4n) is 2.10. The first-order chi connectivity index (χ1) is 8.56. The minimum absolute atomic E-state index is 0.101. The lowest BCUT2D eigenvalue weighted by molar-refractivity contribution is 0.0690. The summed E-state index contributed by atoms with van der Waals surface area (Å²) in [6, 6.07) is 5.10. The number of pyridine rings is 1. The van der Waals surface area contributed by atoms with Gasteiger partial charge < -0.3 is 10.4 Å². The van der Waals surface area contributed by atoms with E-state index >= 15 is 0 Å². The Morgan fingerprint density at radius 3 is 2.39 bits per heavy atom. The van der Waals surface area contributed by atoms with Crippen molar-refractivity contribution < 1.29 is 9.90 Å². The lowest BCUT2D eigenvalue weighted by Crippen LogP contribution is -2.43. The first kappa shape index (κ1) is 14.6. The highest BCUT2D eigenvalue weighted by molar-refractivity contribution is 5.85. The molecule has 0 unspecified atom stereocenters. The van der Waals surface area contributed by atoms with Crippen LogP contribution in [0.4, 0.5) is 0 Å². The molecule has 0 aromatic carbocycles. The molecule has 0 saturated carbocycles. The molecular weight excluding hydrogens is 228 g/mol. The average Bonchev–Trinajstić information content (AvgIpc) is 2.41. The highest BCUT2D eigenvalue weighted by Crippen LogP contribution is 2.19. The summed E-state index contributed by atoms with van der Waals surface area (Å²) in [4.78, 5) is 15.0. The molecule has 100 valence electrons. The van der Waals surface area contributed by atoms with E-state index in [-0.39, 0.29) is 11.2 Å². The van der Waals surface area contributed by atoms with Gasteiger partial charge in [-0.05, 0) is 31.4 Å². The Balaban J connectivity index is 2.73. The summed E-state index contributed by atoms with van der Waals surface area (Å²) in [5, 5.41) is 12.4. The topological polar surface area (TPSA) is 62.2 Å². The molecule has 0 atom stereocenters. The molecule has 1 rings (SSSR count). The zero-order valence-electron chi connectivity index (χ0n) is 11.4. The number of aromatic nitrogens is 1. The van der Waals surface area contributed by atoms with Gasteiger partial charge in [-0.15, -0.1) is 0 Å². The molecule has 0 bridgehead atoms. The van der Waals surface area contributed by atoms with Crippen molar-refractivity contribution in [3.05, 3.63) is 29.6 Å². The van der Waals surface area contributed by atoms with Crippen LogP contribution in [0, 0.1) is 0 Å². The standard InChI is InChI=1S/C14H22N2O2/c1-4-14(5-2,6-3)15-10-11-8-7-9-12(16-11)13(17)18/h7-9,15H,4-6,10H2,1-3H3,(H,17,18). The third kappa shape index (κ3) is 3.53. The van der Waals surface area contributed by atoms with E-state index < -0.39 is 5.97 Å². The number of hydrogen-bond donors (Lipinski definition) is 2. The van der Waals surface area contributed by atoms with Gasteiger partial charge in [-0.1, -0.05) is 26.8 Å². The van der Waals surface area contributed by atoms with Crippen LogP contribution in [0.5, 0.6) is 0 Å². The fourth-order valence-corrected chi connectivity index (χ4v) is 2.10. The second-order valence-electron chi connectivity index (χ2n) is 4.51. The SMILES string of the molecule is CCC(CC)(CC)NCc1cccc(C(=O)O)n1. The van der Waals surface area contributed by atoms with E-state index in [2.05, 4.69) is 31.1 Å². The molecule has 4 nitrogen and oxygen atoms in total. The van der Waals surface area contributed by atoms with Crippen LogP contribution in [-0.4, -0.2) is 21.6 Å². The van der Waals surface area contributed by atoms with Crippen molar-refractivity contribution in [2.45, 2.75) is 52.1 Å². The van der Waals surface area contributed by atoms with Crippen LogP contribution < -0.4 is 5.32 Å². The predicted molar refractivity (Wildman–Crippen MR) is 71.6 cm³/mol. The Morgan fingerprint density at radius 1 is 1.28 bits per heavy atom. The van der Waals surface area contributed by atoms with Crippen molar-refractivity contribution in [2.24, 2.45) is 0 Å². The maximum atomic E-state index is 10.8. The molecule has 1 aromatic rings. The first-order valence-electron chi connectivity index (χ1n) is 6.51. The molecule has 2 N–H and O–H groups in total. The number of rotatable bonds is 7. The largest absolute Gasteiger partial charge is 0.477 e. The van der Waals surface area contributed by atoms with Crippen LogP contribution in [0.2, 0.25) is 0 Å². The van der Waals surface area contributed by atoms with Crippen LogP contribution in [0.1, 0.15) is 56.2 Å². The lowest BCUT2D eigenvalue weighted by atomic mass is 9.90. The van der Waals surface area contributed by atoms with E-state index in [0.717, 1.165) is 25.0 Å². The smallest absolute Gasteiger partial charge is 0.354 e. The quantitative estimate of drug-likeness (QED) is 0.781. The average molecular weight is 250 g/mol. The molecule has 18 heavy (non-hydrogen) atoms. The summed E-state index contributed by atoms with van der Waals surface area (Å²) in [5.41, 5.74) is 1.000. The molecule has 0 aliphatic carbocycles. The van der Waals surface area contributed by atoms with Crippen molar-refractivity contribution >= 4 is 5.97 Å². The maximum Gasteiger partial charge on any atom is 0.354 e. The van der Waals surface area contributed by atoms with Gasteiger partial charge in [0.15, 0.2) is 0 Å². The summed E-state index contributed by atoms with van der Waals surface area (Å²) in [6.45, 7) is 7.11. The Bertz CT molecular complexity index is 392. The molecule has 0 amide bonds. The number of aromatic carboxylic acids is 1. The summed E-state index contributed by atoms with van der Waals surface area (Å²) >= 11 is 0. The van der Waals surface area contributed by atoms with Gasteiger partial charge in [0.1, 0.15) is 5.69 Å². The van der Waals surface area contributed by atoms with Crippen molar-refractivity contribution in [3.63, 3.8) is 0 Å². The predicted octanol–water partition coefficient (Wildman–Crippen LogP) is 2.84. The van der Waals surface area contributed by atoms with Gasteiger partial charge >= 0.3 is 5.97 Å². The normalized spacial score (nSPS) is 11.5. The summed E-state index contributed by atoms with van der Waals surface area (Å²) in [6.07, 6.45) is 3.16. The molecule has 0 fully saturated rings. The summed E-state index contributed by atoms with van der Waals surface area (Å²) in [7, 11) is 0. The van der Waals surface area contributed by atoms with Crippen LogP contribution in [0.15, 0.2) is 18.2 Å². The fraction of sp³-hybridized carbons (Fsp3) is 0.571. The Hall–Kier alpha value is -1.42. The number of nitrogens with one attached hydrogen (secondary N) is 1. The first-order valence-corrected chi connectivity index (χ1v) is 6.51. The molecule has 0 spiro atoms. The van der Waals surface area contributed by atoms with E-state index in [1.807, 2.05) is 6.07 Å². The molecule has 0 saturated heterocycles. The minimum atomic E-state index is -0.982. The third-order valence-electron chi connectivity index (χ3n) is 3.70. The van der Waals surface area contributed by atoms with E-state index in [1.165, 1.54) is 6.07 Å². The van der Waals surface area contributed by atoms with Crippen LogP contribution in [0.25, 0.3) is 0 Å². The lowest BCUT2D eigenvalue weighted by Gasteiger charge is -2.31. The molecule has 0 aliphatic heterocycles. The molecule has 0 radical (unpaired) electrons. The monoisotopic (exact) mass is 250 g/mol. The Kier molecular flexibility index (Phi) is 5.28. The second kappa shape index (κ2) is 6.50. The summed E-state index contributed by atoms with van der Waals surface area (Å²) in [5.74, 6) is -0.982. The second-order valence-corrected chi connectivity index (χ2v) is 4.51. The van der Waals surface area contributed by atoms with E-state index in [0.29, 0.717) is 6.54 Å². The van der Waals surface area contributed by atoms with Crippen molar-refractivity contribution in [2.75, 3.05) is 0 Å². The van der Waals surface area contributed by atoms with Gasteiger partial charge in [0.2, 0.25) is 0 Å². The minimum Gasteiger partial charge on any atom is -0.477 e. The van der Waals surface area contributed by atoms with Gasteiger partial charge in [-0.25, -0.2) is 9.78 Å². The van der Waals surface area contributed by atoms with E-state index in [1.54, 1.807) is 6.07 Å². The number of carboxylic acid groups (broad SMARTS) is 1. The number of carbonyl (C=O) groups is 1. The number of carboxylic acids is 1. The summed E-state index contributed by atoms with van der Waals surface area (Å²) < 4.78 is 0. The highest BCUT2D eigenvalue weighted by Gasteiger charge is 2.22. The Morgan fingerprint density at radius 2 is 1.89 bits per heavy atom. The molecule has 1 heterocycles. The number of nitrogens with zero attached hydrogens (tertiary/aromatic N) is 1. The van der Waals surface area contributed by atoms with E-state index in [9.17, 15) is 4.79 Å². The van der Waals surface area contributed by atoms with E-state index in [4.69, 9.17) is 5.11 Å². The van der Waals surface area contributed by atoms with Gasteiger partial charge in [0.25, 0.3) is 0 Å². The van der Waals surface area contributed by atoms with Crippen molar-refractivity contribution in [1.29, 1.82) is 0 Å². The van der Waals surface area contributed by atoms with Crippen LogP contribution in [-0.2, 0) is 6.54 Å². The van der Waals surface area contributed by atoms with Crippen LogP contribution in [0.3, 0.4) is 0 Å². The molecule has 0 aliphatic rings. The van der Waals surface area contributed by atoms with Crippen LogP contribution >= 0.6 is 0 Å². The highest BCUT2D eigenvalue weighted by atomic mass is 16.4. The maximum absolute atomic E-state index is 10.8. The molecule has 1 aromatic heterocycles. The van der Waals surface area contributed by atoms with Gasteiger partial charge in [0, 0.05) is 12.1 Å². The van der Waals surface area contributed by atoms with Crippen molar-refractivity contribution in [1.82, 2.24) is 10.3 Å². The zero-order valence-corrected chi connectivity index (χ0v) is 11.4. The molecular formula is C14H22N2O2. The Labute approximate surface area is 108 Å². The number of hydrogen-bond acceptors (Lipinski definition) is 3. The van der Waals surface area contributed by atoms with Gasteiger partial charge in [-0.3, -0.25) is 0 Å².